The summed E-state index contributed by atoms with van der Waals surface area (Å²) >= 11 is 0. The first kappa shape index (κ1) is 15.4. The van der Waals surface area contributed by atoms with Gasteiger partial charge < -0.3 is 20.1 Å². The second-order valence-corrected chi connectivity index (χ2v) is 4.87. The molecule has 0 aromatic carbocycles. The number of hydrogen-bond acceptors (Lipinski definition) is 4. The molecule has 0 aromatic heterocycles. The van der Waals surface area contributed by atoms with E-state index < -0.39 is 0 Å². The summed E-state index contributed by atoms with van der Waals surface area (Å²) in [5.74, 6) is 0.0499. The average Bonchev–Trinajstić information content (AvgIpc) is 2.85. The molecule has 5 heteroatoms. The van der Waals surface area contributed by atoms with Crippen LogP contribution in [0.4, 0.5) is 0 Å². The summed E-state index contributed by atoms with van der Waals surface area (Å²) in [7, 11) is 1.70. The Kier molecular flexibility index (Phi) is 6.60. The molecule has 1 fully saturated rings. The second kappa shape index (κ2) is 7.71. The predicted octanol–water partition coefficient (Wildman–Crippen LogP) is 0.686. The van der Waals surface area contributed by atoms with E-state index in [1.165, 1.54) is 0 Å². The summed E-state index contributed by atoms with van der Waals surface area (Å²) in [6, 6.07) is 0.283. The lowest BCUT2D eigenvalue weighted by Crippen LogP contribution is -2.47. The Morgan fingerprint density at radius 1 is 1.44 bits per heavy atom. The van der Waals surface area contributed by atoms with E-state index >= 15 is 0 Å². The highest BCUT2D eigenvalue weighted by Crippen LogP contribution is 2.21. The van der Waals surface area contributed by atoms with E-state index in [1.54, 1.807) is 7.11 Å². The molecular weight excluding hydrogens is 232 g/mol. The Bertz CT molecular complexity index is 249. The van der Waals surface area contributed by atoms with Crippen LogP contribution in [0.2, 0.25) is 0 Å². The maximum atomic E-state index is 11.7. The quantitative estimate of drug-likeness (QED) is 0.672. The highest BCUT2D eigenvalue weighted by atomic mass is 16.5. The van der Waals surface area contributed by atoms with Gasteiger partial charge in [-0.2, -0.15) is 0 Å². The zero-order chi connectivity index (χ0) is 13.4. The third-order valence-corrected chi connectivity index (χ3v) is 3.58. The first-order valence-corrected chi connectivity index (χ1v) is 6.78. The van der Waals surface area contributed by atoms with Gasteiger partial charge in [-0.05, 0) is 12.8 Å². The van der Waals surface area contributed by atoms with Crippen molar-refractivity contribution < 1.29 is 14.3 Å². The molecule has 1 aliphatic rings. The van der Waals surface area contributed by atoms with E-state index in [9.17, 15) is 4.79 Å². The van der Waals surface area contributed by atoms with Crippen LogP contribution in [0.1, 0.15) is 33.1 Å². The molecule has 106 valence electrons. The van der Waals surface area contributed by atoms with Gasteiger partial charge in [0.1, 0.15) is 5.60 Å². The molecule has 0 spiro atoms. The monoisotopic (exact) mass is 258 g/mol. The number of methoxy groups -OCH3 is 1. The molecule has 0 saturated carbocycles. The molecule has 0 aromatic rings. The van der Waals surface area contributed by atoms with E-state index in [0.29, 0.717) is 19.7 Å². The van der Waals surface area contributed by atoms with Gasteiger partial charge in [0.2, 0.25) is 5.91 Å². The number of rotatable bonds is 8. The van der Waals surface area contributed by atoms with Crippen LogP contribution in [-0.2, 0) is 14.3 Å². The van der Waals surface area contributed by atoms with Crippen molar-refractivity contribution in [3.05, 3.63) is 0 Å². The fourth-order valence-electron chi connectivity index (χ4n) is 2.14. The van der Waals surface area contributed by atoms with E-state index in [-0.39, 0.29) is 17.6 Å². The van der Waals surface area contributed by atoms with E-state index in [0.717, 1.165) is 25.9 Å². The molecule has 18 heavy (non-hydrogen) atoms. The van der Waals surface area contributed by atoms with Gasteiger partial charge in [0.05, 0.1) is 13.2 Å². The molecule has 1 unspecified atom stereocenters. The number of ether oxygens (including phenoxy) is 2. The van der Waals surface area contributed by atoms with Crippen LogP contribution >= 0.6 is 0 Å². The van der Waals surface area contributed by atoms with Crippen molar-refractivity contribution in [1.82, 2.24) is 10.6 Å². The maximum Gasteiger partial charge on any atom is 0.234 e. The molecule has 1 atom stereocenters. The second-order valence-electron chi connectivity index (χ2n) is 4.87. The van der Waals surface area contributed by atoms with Crippen LogP contribution < -0.4 is 10.6 Å². The van der Waals surface area contributed by atoms with Crippen LogP contribution in [0.3, 0.4) is 0 Å². The lowest BCUT2D eigenvalue weighted by molar-refractivity contribution is -0.121. The van der Waals surface area contributed by atoms with Crippen LogP contribution in [0.25, 0.3) is 0 Å². The molecule has 0 bridgehead atoms. The van der Waals surface area contributed by atoms with E-state index in [4.69, 9.17) is 9.47 Å². The van der Waals surface area contributed by atoms with E-state index in [2.05, 4.69) is 24.5 Å². The van der Waals surface area contributed by atoms with Crippen LogP contribution in [-0.4, -0.2) is 51.0 Å². The van der Waals surface area contributed by atoms with Crippen LogP contribution in [0.15, 0.2) is 0 Å². The number of nitrogens with one attached hydrogen (secondary N) is 2. The SMILES string of the molecule is CCC(CC)NC(=O)CNCC1(OC)CCOC1. The number of hydrogen-bond donors (Lipinski definition) is 2. The summed E-state index contributed by atoms with van der Waals surface area (Å²) in [6.45, 7) is 6.48. The van der Waals surface area contributed by atoms with Crippen molar-refractivity contribution in [3.63, 3.8) is 0 Å². The molecule has 2 N–H and O–H groups in total. The van der Waals surface area contributed by atoms with Gasteiger partial charge in [0.15, 0.2) is 0 Å². The average molecular weight is 258 g/mol. The van der Waals surface area contributed by atoms with Gasteiger partial charge in [-0.15, -0.1) is 0 Å². The highest BCUT2D eigenvalue weighted by Gasteiger charge is 2.34. The molecule has 1 saturated heterocycles. The first-order chi connectivity index (χ1) is 8.65. The zero-order valence-electron chi connectivity index (χ0n) is 11.8. The molecular formula is C13H26N2O3. The highest BCUT2D eigenvalue weighted by molar-refractivity contribution is 5.78. The van der Waals surface area contributed by atoms with Crippen molar-refractivity contribution in [2.45, 2.75) is 44.8 Å². The third kappa shape index (κ3) is 4.55. The summed E-state index contributed by atoms with van der Waals surface area (Å²) in [6.07, 6.45) is 2.82. The summed E-state index contributed by atoms with van der Waals surface area (Å²) < 4.78 is 10.8. The zero-order valence-corrected chi connectivity index (χ0v) is 11.8. The van der Waals surface area contributed by atoms with Gasteiger partial charge >= 0.3 is 0 Å². The topological polar surface area (TPSA) is 59.6 Å². The normalized spacial score (nSPS) is 23.6. The van der Waals surface area contributed by atoms with Crippen LogP contribution in [0, 0.1) is 0 Å². The Morgan fingerprint density at radius 3 is 2.67 bits per heavy atom. The number of amides is 1. The molecule has 1 rings (SSSR count). The van der Waals surface area contributed by atoms with Crippen LogP contribution in [0.5, 0.6) is 0 Å². The molecule has 5 nitrogen and oxygen atoms in total. The maximum absolute atomic E-state index is 11.7. The molecule has 0 radical (unpaired) electrons. The Balaban J connectivity index is 2.22. The van der Waals surface area contributed by atoms with Gasteiger partial charge in [0.25, 0.3) is 0 Å². The van der Waals surface area contributed by atoms with Gasteiger partial charge in [-0.3, -0.25) is 4.79 Å². The van der Waals surface area contributed by atoms with Gasteiger partial charge in [-0.1, -0.05) is 13.8 Å². The molecule has 0 aliphatic carbocycles. The van der Waals surface area contributed by atoms with E-state index in [1.807, 2.05) is 0 Å². The molecule has 1 heterocycles. The smallest absolute Gasteiger partial charge is 0.234 e. The largest absolute Gasteiger partial charge is 0.378 e. The lowest BCUT2D eigenvalue weighted by atomic mass is 10.0. The standard InChI is InChI=1S/C13H26N2O3/c1-4-11(5-2)15-12(16)8-14-9-13(17-3)6-7-18-10-13/h11,14H,4-10H2,1-3H3,(H,15,16). The minimum absolute atomic E-state index is 0.0499. The third-order valence-electron chi connectivity index (χ3n) is 3.58. The molecule has 1 aliphatic heterocycles. The van der Waals surface area contributed by atoms with Gasteiger partial charge in [0, 0.05) is 32.7 Å². The lowest BCUT2D eigenvalue weighted by Gasteiger charge is -2.26. The Morgan fingerprint density at radius 2 is 2.17 bits per heavy atom. The molecule has 1 amide bonds. The fraction of sp³-hybridized carbons (Fsp3) is 0.923. The minimum atomic E-state index is -0.255. The summed E-state index contributed by atoms with van der Waals surface area (Å²) in [4.78, 5) is 11.7. The predicted molar refractivity (Wildman–Crippen MR) is 70.6 cm³/mol. The number of carbonyl (C=O) groups excluding carboxylic acids is 1. The summed E-state index contributed by atoms with van der Waals surface area (Å²) in [5.41, 5.74) is -0.255. The van der Waals surface area contributed by atoms with Crippen molar-refractivity contribution in [2.24, 2.45) is 0 Å². The fourth-order valence-corrected chi connectivity index (χ4v) is 2.14. The van der Waals surface area contributed by atoms with Crippen molar-refractivity contribution in [2.75, 3.05) is 33.4 Å². The minimum Gasteiger partial charge on any atom is -0.378 e. The Hall–Kier alpha value is -0.650. The first-order valence-electron chi connectivity index (χ1n) is 6.78. The van der Waals surface area contributed by atoms with Crippen molar-refractivity contribution >= 4 is 5.91 Å². The van der Waals surface area contributed by atoms with Crippen molar-refractivity contribution in [3.8, 4) is 0 Å². The number of carbonyl (C=O) groups is 1. The van der Waals surface area contributed by atoms with Crippen molar-refractivity contribution in [1.29, 1.82) is 0 Å². The van der Waals surface area contributed by atoms with Gasteiger partial charge in [-0.25, -0.2) is 0 Å². The summed E-state index contributed by atoms with van der Waals surface area (Å²) in [5, 5.41) is 6.15. The Labute approximate surface area is 110 Å².